The first-order chi connectivity index (χ1) is 19.7. The fourth-order valence-corrected chi connectivity index (χ4v) is 6.54. The molecule has 41 heavy (non-hydrogen) atoms. The summed E-state index contributed by atoms with van der Waals surface area (Å²) in [5.74, 6) is 4.09. The van der Waals surface area contributed by atoms with E-state index in [1.54, 1.807) is 7.11 Å². The molecule has 1 saturated heterocycles. The van der Waals surface area contributed by atoms with E-state index in [0.717, 1.165) is 85.8 Å². The van der Waals surface area contributed by atoms with Crippen molar-refractivity contribution in [3.8, 4) is 23.0 Å². The lowest BCUT2D eigenvalue weighted by Crippen LogP contribution is -2.45. The second kappa shape index (κ2) is 12.5. The smallest absolute Gasteiger partial charge is 0.236 e. The molecule has 0 radical (unpaired) electrons. The summed E-state index contributed by atoms with van der Waals surface area (Å²) in [6.45, 7) is 7.10. The van der Waals surface area contributed by atoms with Gasteiger partial charge < -0.3 is 28.3 Å². The molecule has 0 aromatic heterocycles. The molecule has 2 aromatic carbocycles. The zero-order valence-electron chi connectivity index (χ0n) is 25.6. The number of ether oxygens (including phenoxy) is 4. The van der Waals surface area contributed by atoms with Gasteiger partial charge >= 0.3 is 0 Å². The minimum Gasteiger partial charge on any atom is -0.493 e. The van der Waals surface area contributed by atoms with Gasteiger partial charge in [0.15, 0.2) is 23.0 Å². The number of amides is 1. The van der Waals surface area contributed by atoms with Gasteiger partial charge in [-0.1, -0.05) is 31.5 Å². The Bertz CT molecular complexity index is 1200. The molecule has 2 aromatic rings. The van der Waals surface area contributed by atoms with E-state index < -0.39 is 0 Å². The Morgan fingerprint density at radius 3 is 2.56 bits per heavy atom. The van der Waals surface area contributed by atoms with E-state index in [4.69, 9.17) is 18.9 Å². The van der Waals surface area contributed by atoms with E-state index in [2.05, 4.69) is 50.0 Å². The Kier molecular flexibility index (Phi) is 9.00. The first kappa shape index (κ1) is 29.5. The third-order valence-electron chi connectivity index (χ3n) is 8.96. The van der Waals surface area contributed by atoms with Gasteiger partial charge in [0.25, 0.3) is 0 Å². The lowest BCUT2D eigenvalue weighted by molar-refractivity contribution is -0.870. The highest BCUT2D eigenvalue weighted by Gasteiger charge is 2.63. The second-order valence-electron chi connectivity index (χ2n) is 13.0. The van der Waals surface area contributed by atoms with E-state index >= 15 is 0 Å². The van der Waals surface area contributed by atoms with Gasteiger partial charge in [-0.25, -0.2) is 0 Å². The van der Waals surface area contributed by atoms with E-state index in [0.29, 0.717) is 25.0 Å². The Hall–Kier alpha value is -2.97. The molecule has 1 saturated carbocycles. The van der Waals surface area contributed by atoms with Gasteiger partial charge in [0.1, 0.15) is 0 Å². The van der Waals surface area contributed by atoms with Gasteiger partial charge in [0.05, 0.1) is 47.9 Å². The van der Waals surface area contributed by atoms with Crippen molar-refractivity contribution in [1.82, 2.24) is 9.80 Å². The predicted molar refractivity (Wildman–Crippen MR) is 160 cm³/mol. The topological polar surface area (TPSA) is 60.5 Å². The van der Waals surface area contributed by atoms with Crippen LogP contribution in [0.25, 0.3) is 0 Å². The van der Waals surface area contributed by atoms with Crippen LogP contribution in [0.2, 0.25) is 0 Å². The second-order valence-corrected chi connectivity index (χ2v) is 13.0. The summed E-state index contributed by atoms with van der Waals surface area (Å²) in [6.07, 6.45) is 5.18. The molecule has 0 bridgehead atoms. The average molecular weight is 567 g/mol. The number of quaternary nitrogens is 1. The molecule has 8 heteroatoms. The van der Waals surface area contributed by atoms with Crippen molar-refractivity contribution >= 4 is 5.91 Å². The number of hydrogen-bond donors (Lipinski definition) is 0. The molecule has 1 aliphatic carbocycles. The molecule has 2 aliphatic heterocycles. The summed E-state index contributed by atoms with van der Waals surface area (Å²) < 4.78 is 24.0. The van der Waals surface area contributed by atoms with Crippen molar-refractivity contribution in [2.24, 2.45) is 5.92 Å². The fraction of sp³-hybridized carbons (Fsp3) is 0.606. The summed E-state index contributed by atoms with van der Waals surface area (Å²) in [7, 11) is 8.31. The van der Waals surface area contributed by atoms with E-state index in [1.807, 2.05) is 30.3 Å². The fourth-order valence-electron chi connectivity index (χ4n) is 6.54. The number of likely N-dealkylation sites (tertiary alicyclic amines) is 1. The molecule has 2 unspecified atom stereocenters. The maximum absolute atomic E-state index is 13.8. The monoisotopic (exact) mass is 566 g/mol. The third kappa shape index (κ3) is 6.92. The third-order valence-corrected chi connectivity index (χ3v) is 8.96. The highest BCUT2D eigenvalue weighted by molar-refractivity contribution is 5.78. The van der Waals surface area contributed by atoms with Crippen molar-refractivity contribution < 1.29 is 28.2 Å². The Balaban J connectivity index is 1.30. The maximum atomic E-state index is 13.8. The van der Waals surface area contributed by atoms with Crippen LogP contribution in [0, 0.1) is 5.92 Å². The number of carbonyl (C=O) groups is 1. The lowest BCUT2D eigenvalue weighted by Gasteiger charge is -2.30. The average Bonchev–Trinajstić information content (AvgIpc) is 3.25. The summed E-state index contributed by atoms with van der Waals surface area (Å²) >= 11 is 0. The number of methoxy groups -OCH3 is 1. The van der Waals surface area contributed by atoms with E-state index in [9.17, 15) is 4.79 Å². The molecule has 5 rings (SSSR count). The molecule has 3 aliphatic rings. The van der Waals surface area contributed by atoms with Crippen LogP contribution in [0.4, 0.5) is 0 Å². The SMILES string of the molecule is CCCCN(CCC[N+](C)(C)C)C(=O)CN1C[C@H](c2ccc3c(c2)OCO3)CC12CC2COc1ccccc1OC. The lowest BCUT2D eigenvalue weighted by atomic mass is 9.94. The minimum atomic E-state index is -0.0303. The van der Waals surface area contributed by atoms with Gasteiger partial charge in [0.2, 0.25) is 12.7 Å². The van der Waals surface area contributed by atoms with E-state index in [1.165, 1.54) is 5.56 Å². The van der Waals surface area contributed by atoms with Crippen LogP contribution in [0.5, 0.6) is 23.0 Å². The molecule has 2 heterocycles. The molecule has 8 nitrogen and oxygen atoms in total. The van der Waals surface area contributed by atoms with Gasteiger partial charge in [-0.05, 0) is 55.0 Å². The Morgan fingerprint density at radius 1 is 1.05 bits per heavy atom. The van der Waals surface area contributed by atoms with Crippen molar-refractivity contribution in [3.63, 3.8) is 0 Å². The summed E-state index contributed by atoms with van der Waals surface area (Å²) in [5, 5.41) is 0. The number of rotatable bonds is 14. The van der Waals surface area contributed by atoms with Gasteiger partial charge in [-0.2, -0.15) is 0 Å². The van der Waals surface area contributed by atoms with Gasteiger partial charge in [0, 0.05) is 37.5 Å². The van der Waals surface area contributed by atoms with Crippen LogP contribution in [0.15, 0.2) is 42.5 Å². The number of nitrogens with zero attached hydrogens (tertiary/aromatic N) is 3. The summed E-state index contributed by atoms with van der Waals surface area (Å²) in [4.78, 5) is 18.4. The molecular formula is C33H48N3O5+. The zero-order chi connectivity index (χ0) is 29.0. The van der Waals surface area contributed by atoms with Crippen LogP contribution in [-0.4, -0.2) is 100 Å². The standard InChI is InChI=1S/C33H48N3O5/c1-6-7-15-34(16-10-17-36(2,3)4)32(37)22-35-21-26(25-13-14-30-31(18-25)41-24-40-30)19-33(35)20-27(33)23-39-29-12-9-8-11-28(29)38-5/h8-9,11-14,18,26-27H,6-7,10,15-17,19-24H2,1-5H3/q+1/t26-,27?,33?/m1/s1. The normalized spacial score (nSPS) is 23.1. The van der Waals surface area contributed by atoms with Gasteiger partial charge in [-0.15, -0.1) is 0 Å². The predicted octanol–water partition coefficient (Wildman–Crippen LogP) is 4.78. The molecule has 2 fully saturated rings. The van der Waals surface area contributed by atoms with Crippen LogP contribution in [0.1, 0.15) is 50.5 Å². The van der Waals surface area contributed by atoms with Crippen molar-refractivity contribution in [3.05, 3.63) is 48.0 Å². The molecular weight excluding hydrogens is 518 g/mol. The van der Waals surface area contributed by atoms with Crippen molar-refractivity contribution in [2.45, 2.75) is 50.5 Å². The Labute approximate surface area is 245 Å². The number of hydrogen-bond acceptors (Lipinski definition) is 6. The van der Waals surface area contributed by atoms with Crippen LogP contribution in [-0.2, 0) is 4.79 Å². The molecule has 1 spiro atoms. The molecule has 3 atom stereocenters. The highest BCUT2D eigenvalue weighted by Crippen LogP contribution is 2.59. The molecule has 224 valence electrons. The molecule has 0 N–H and O–H groups in total. The first-order valence-corrected chi connectivity index (χ1v) is 15.2. The molecule has 1 amide bonds. The van der Waals surface area contributed by atoms with Crippen LogP contribution < -0.4 is 18.9 Å². The quantitative estimate of drug-likeness (QED) is 0.307. The van der Waals surface area contributed by atoms with Crippen molar-refractivity contribution in [1.29, 1.82) is 0 Å². The number of fused-ring (bicyclic) bond motifs is 1. The van der Waals surface area contributed by atoms with Gasteiger partial charge in [-0.3, -0.25) is 9.69 Å². The number of para-hydroxylation sites is 2. The highest BCUT2D eigenvalue weighted by atomic mass is 16.7. The van der Waals surface area contributed by atoms with Crippen molar-refractivity contribution in [2.75, 3.05) is 74.4 Å². The van der Waals surface area contributed by atoms with Crippen LogP contribution in [0.3, 0.4) is 0 Å². The van der Waals surface area contributed by atoms with Crippen LogP contribution >= 0.6 is 0 Å². The zero-order valence-corrected chi connectivity index (χ0v) is 25.6. The number of benzene rings is 2. The summed E-state index contributed by atoms with van der Waals surface area (Å²) in [5.41, 5.74) is 1.22. The maximum Gasteiger partial charge on any atom is 0.236 e. The number of unbranched alkanes of at least 4 members (excludes halogenated alkanes) is 1. The summed E-state index contributed by atoms with van der Waals surface area (Å²) in [6, 6.07) is 14.1. The largest absolute Gasteiger partial charge is 0.493 e. The minimum absolute atomic E-state index is 0.0303. The number of carbonyl (C=O) groups excluding carboxylic acids is 1. The Morgan fingerprint density at radius 2 is 1.80 bits per heavy atom. The van der Waals surface area contributed by atoms with E-state index in [-0.39, 0.29) is 18.2 Å². The first-order valence-electron chi connectivity index (χ1n) is 15.2.